The fraction of sp³-hybridized carbons (Fsp3) is 0.600. The predicted molar refractivity (Wildman–Crippen MR) is 85.1 cm³/mol. The van der Waals surface area contributed by atoms with Crippen molar-refractivity contribution in [1.82, 2.24) is 5.32 Å². The normalized spacial score (nSPS) is 13.3. The molecule has 1 aromatic carbocycles. The summed E-state index contributed by atoms with van der Waals surface area (Å²) in [5, 5.41) is 4.23. The minimum Gasteiger partial charge on any atom is -0.486 e. The Balaban J connectivity index is 2.67. The van der Waals surface area contributed by atoms with Gasteiger partial charge in [0.15, 0.2) is 0 Å². The zero-order chi connectivity index (χ0) is 15.2. The van der Waals surface area contributed by atoms with Crippen LogP contribution >= 0.6 is 23.2 Å². The fourth-order valence-corrected chi connectivity index (χ4v) is 2.03. The molecule has 0 aromatic heterocycles. The lowest BCUT2D eigenvalue weighted by atomic mass is 10.2. The number of benzene rings is 1. The Morgan fingerprint density at radius 3 is 2.50 bits per heavy atom. The lowest BCUT2D eigenvalue weighted by Gasteiger charge is -2.25. The monoisotopic (exact) mass is 319 g/mol. The minimum atomic E-state index is -0.189. The first kappa shape index (κ1) is 17.6. The molecule has 0 saturated carbocycles. The quantitative estimate of drug-likeness (QED) is 0.818. The number of halogens is 2. The highest BCUT2D eigenvalue weighted by molar-refractivity contribution is 6.35. The summed E-state index contributed by atoms with van der Waals surface area (Å²) in [5.74, 6) is 0.634. The van der Waals surface area contributed by atoms with Crippen molar-refractivity contribution >= 4 is 23.2 Å². The third kappa shape index (κ3) is 6.80. The largest absolute Gasteiger partial charge is 0.486 e. The number of hydrogen-bond donors (Lipinski definition) is 1. The molecule has 20 heavy (non-hydrogen) atoms. The first-order valence-corrected chi connectivity index (χ1v) is 7.47. The van der Waals surface area contributed by atoms with E-state index in [9.17, 15) is 0 Å². The molecule has 3 nitrogen and oxygen atoms in total. The van der Waals surface area contributed by atoms with Crippen LogP contribution in [-0.2, 0) is 4.74 Å². The van der Waals surface area contributed by atoms with E-state index in [2.05, 4.69) is 5.32 Å². The molecule has 114 valence electrons. The van der Waals surface area contributed by atoms with Gasteiger partial charge in [0.2, 0.25) is 0 Å². The van der Waals surface area contributed by atoms with Crippen molar-refractivity contribution in [3.05, 3.63) is 28.2 Å². The first-order chi connectivity index (χ1) is 9.31. The molecule has 0 bridgehead atoms. The maximum atomic E-state index is 6.13. The highest BCUT2D eigenvalue weighted by atomic mass is 35.5. The van der Waals surface area contributed by atoms with Crippen LogP contribution in [0.25, 0.3) is 0 Å². The van der Waals surface area contributed by atoms with Crippen LogP contribution in [0.3, 0.4) is 0 Å². The standard InChI is InChI=1S/C15H23Cl2NO2/c1-15(2,3)19-10-12(7-8-18-4)20-14-6-5-11(16)9-13(14)17/h5-6,9,12,18H,7-8,10H2,1-4H3/t12-/m0/s1. The van der Waals surface area contributed by atoms with Crippen LogP contribution in [0.15, 0.2) is 18.2 Å². The van der Waals surface area contributed by atoms with Gasteiger partial charge < -0.3 is 14.8 Å². The second kappa shape index (κ2) is 8.08. The van der Waals surface area contributed by atoms with Gasteiger partial charge in [0.05, 0.1) is 17.2 Å². The Kier molecular flexibility index (Phi) is 7.10. The van der Waals surface area contributed by atoms with Gasteiger partial charge in [-0.3, -0.25) is 0 Å². The van der Waals surface area contributed by atoms with Crippen LogP contribution in [-0.4, -0.2) is 31.9 Å². The van der Waals surface area contributed by atoms with Crippen LogP contribution < -0.4 is 10.1 Å². The van der Waals surface area contributed by atoms with E-state index in [0.29, 0.717) is 22.4 Å². The molecule has 1 rings (SSSR count). The Hall–Kier alpha value is -0.480. The summed E-state index contributed by atoms with van der Waals surface area (Å²) >= 11 is 12.0. The van der Waals surface area contributed by atoms with Crippen molar-refractivity contribution < 1.29 is 9.47 Å². The summed E-state index contributed by atoms with van der Waals surface area (Å²) in [6, 6.07) is 5.23. The van der Waals surface area contributed by atoms with E-state index >= 15 is 0 Å². The van der Waals surface area contributed by atoms with Crippen molar-refractivity contribution in [2.45, 2.75) is 38.9 Å². The SMILES string of the molecule is CNCC[C@@H](COC(C)(C)C)Oc1ccc(Cl)cc1Cl. The van der Waals surface area contributed by atoms with E-state index in [0.717, 1.165) is 13.0 Å². The van der Waals surface area contributed by atoms with E-state index in [1.165, 1.54) is 0 Å². The summed E-state index contributed by atoms with van der Waals surface area (Å²) in [5.41, 5.74) is -0.189. The van der Waals surface area contributed by atoms with E-state index in [1.807, 2.05) is 27.8 Å². The molecule has 0 spiro atoms. The molecular weight excluding hydrogens is 297 g/mol. The van der Waals surface area contributed by atoms with Crippen molar-refractivity contribution in [3.8, 4) is 5.75 Å². The zero-order valence-electron chi connectivity index (χ0n) is 12.5. The topological polar surface area (TPSA) is 30.5 Å². The molecule has 0 unspecified atom stereocenters. The van der Waals surface area contributed by atoms with Crippen molar-refractivity contribution in [2.24, 2.45) is 0 Å². The summed E-state index contributed by atoms with van der Waals surface area (Å²) < 4.78 is 11.7. The Bertz CT molecular complexity index is 419. The molecule has 0 fully saturated rings. The number of hydrogen-bond acceptors (Lipinski definition) is 3. The molecule has 1 N–H and O–H groups in total. The Labute approximate surface area is 131 Å². The Morgan fingerprint density at radius 1 is 1.25 bits per heavy atom. The van der Waals surface area contributed by atoms with E-state index in [1.54, 1.807) is 18.2 Å². The average Bonchev–Trinajstić information content (AvgIpc) is 2.34. The van der Waals surface area contributed by atoms with Gasteiger partial charge >= 0.3 is 0 Å². The molecule has 0 radical (unpaired) electrons. The minimum absolute atomic E-state index is 0.0552. The summed E-state index contributed by atoms with van der Waals surface area (Å²) in [6.45, 7) is 7.44. The van der Waals surface area contributed by atoms with Gasteiger partial charge in [-0.15, -0.1) is 0 Å². The third-order valence-electron chi connectivity index (χ3n) is 2.61. The predicted octanol–water partition coefficient (Wildman–Crippen LogP) is 4.17. The molecule has 0 aliphatic rings. The van der Waals surface area contributed by atoms with Gasteiger partial charge in [-0.1, -0.05) is 23.2 Å². The number of rotatable bonds is 7. The van der Waals surface area contributed by atoms with Crippen LogP contribution in [0.5, 0.6) is 5.75 Å². The highest BCUT2D eigenvalue weighted by Gasteiger charge is 2.17. The first-order valence-electron chi connectivity index (χ1n) is 6.72. The Morgan fingerprint density at radius 2 is 1.95 bits per heavy atom. The molecule has 0 amide bonds. The van der Waals surface area contributed by atoms with Crippen LogP contribution in [0.4, 0.5) is 0 Å². The summed E-state index contributed by atoms with van der Waals surface area (Å²) in [7, 11) is 1.91. The molecular formula is C15H23Cl2NO2. The molecule has 1 aromatic rings. The van der Waals surface area contributed by atoms with Gasteiger partial charge in [0.25, 0.3) is 0 Å². The molecule has 0 heterocycles. The summed E-state index contributed by atoms with van der Waals surface area (Å²) in [4.78, 5) is 0. The van der Waals surface area contributed by atoms with Gasteiger partial charge in [-0.05, 0) is 59.0 Å². The van der Waals surface area contributed by atoms with E-state index < -0.39 is 0 Å². The van der Waals surface area contributed by atoms with Crippen molar-refractivity contribution in [1.29, 1.82) is 0 Å². The molecule has 0 aliphatic heterocycles. The smallest absolute Gasteiger partial charge is 0.138 e. The van der Waals surface area contributed by atoms with Gasteiger partial charge in [-0.2, -0.15) is 0 Å². The molecule has 0 aliphatic carbocycles. The van der Waals surface area contributed by atoms with E-state index in [-0.39, 0.29) is 11.7 Å². The zero-order valence-corrected chi connectivity index (χ0v) is 14.0. The van der Waals surface area contributed by atoms with E-state index in [4.69, 9.17) is 32.7 Å². The van der Waals surface area contributed by atoms with Crippen LogP contribution in [0.2, 0.25) is 10.0 Å². The molecule has 1 atom stereocenters. The van der Waals surface area contributed by atoms with Gasteiger partial charge in [0, 0.05) is 5.02 Å². The van der Waals surface area contributed by atoms with Crippen LogP contribution in [0.1, 0.15) is 27.2 Å². The fourth-order valence-electron chi connectivity index (χ4n) is 1.57. The number of ether oxygens (including phenoxy) is 2. The maximum absolute atomic E-state index is 6.13. The maximum Gasteiger partial charge on any atom is 0.138 e. The molecule has 0 saturated heterocycles. The second-order valence-electron chi connectivity index (χ2n) is 5.63. The lowest BCUT2D eigenvalue weighted by molar-refractivity contribution is -0.0432. The summed E-state index contributed by atoms with van der Waals surface area (Å²) in [6.07, 6.45) is 0.784. The van der Waals surface area contributed by atoms with Crippen molar-refractivity contribution in [2.75, 3.05) is 20.2 Å². The van der Waals surface area contributed by atoms with Crippen molar-refractivity contribution in [3.63, 3.8) is 0 Å². The van der Waals surface area contributed by atoms with Crippen LogP contribution in [0, 0.1) is 0 Å². The highest BCUT2D eigenvalue weighted by Crippen LogP contribution is 2.28. The van der Waals surface area contributed by atoms with Gasteiger partial charge in [-0.25, -0.2) is 0 Å². The average molecular weight is 320 g/mol. The number of nitrogens with one attached hydrogen (secondary N) is 1. The van der Waals surface area contributed by atoms with Gasteiger partial charge in [0.1, 0.15) is 11.9 Å². The molecule has 5 heteroatoms. The lowest BCUT2D eigenvalue weighted by Crippen LogP contribution is -2.32. The third-order valence-corrected chi connectivity index (χ3v) is 3.14. The second-order valence-corrected chi connectivity index (χ2v) is 6.47.